The number of hydrogen-bond donors (Lipinski definition) is 0. The third-order valence-electron chi connectivity index (χ3n) is 3.67. The molecule has 1 unspecified atom stereocenters. The van der Waals surface area contributed by atoms with Gasteiger partial charge in [0.05, 0.1) is 21.1 Å². The first kappa shape index (κ1) is 27.7. The normalized spacial score (nSPS) is 14.4. The molecule has 0 bridgehead atoms. The van der Waals surface area contributed by atoms with Gasteiger partial charge in [-0.2, -0.15) is 0 Å². The Balaban J connectivity index is 0. The Labute approximate surface area is 162 Å². The SMILES string of the molecule is C=C(C)C(=O)O[N+](C)(C)CC.CCCC(OS(=O)(=O)[O-])(C(=O)[O-])[N+](C)(C)C. The number of likely N-dealkylation sites (N-methyl/N-ethyl adjacent to an activating group) is 1. The maximum Gasteiger partial charge on any atom is 0.392 e. The smallest absolute Gasteiger partial charge is 0.392 e. The van der Waals surface area contributed by atoms with Crippen molar-refractivity contribution in [3.63, 3.8) is 0 Å². The molecule has 0 spiro atoms. The minimum absolute atomic E-state index is 0.139. The van der Waals surface area contributed by atoms with Crippen molar-refractivity contribution in [1.29, 1.82) is 0 Å². The van der Waals surface area contributed by atoms with Gasteiger partial charge in [-0.1, -0.05) is 13.5 Å². The zero-order valence-electron chi connectivity index (χ0n) is 17.4. The summed E-state index contributed by atoms with van der Waals surface area (Å²) in [4.78, 5) is 27.1. The van der Waals surface area contributed by atoms with Crippen LogP contribution in [-0.2, 0) is 29.0 Å². The molecule has 0 saturated carbocycles. The fourth-order valence-corrected chi connectivity index (χ4v) is 2.49. The highest BCUT2D eigenvalue weighted by Crippen LogP contribution is 2.27. The lowest BCUT2D eigenvalue weighted by Crippen LogP contribution is -2.68. The molecule has 0 aromatic carbocycles. The van der Waals surface area contributed by atoms with Gasteiger partial charge in [0, 0.05) is 12.0 Å². The lowest BCUT2D eigenvalue weighted by Gasteiger charge is -2.45. The molecule has 1 atom stereocenters. The van der Waals surface area contributed by atoms with Gasteiger partial charge < -0.3 is 14.5 Å². The number of nitrogens with zero attached hydrogens (tertiary/aromatic N) is 2. The van der Waals surface area contributed by atoms with E-state index in [1.165, 1.54) is 21.1 Å². The van der Waals surface area contributed by atoms with Crippen LogP contribution in [0.25, 0.3) is 0 Å². The third-order valence-corrected chi connectivity index (χ3v) is 4.15. The first-order chi connectivity index (χ1) is 11.8. The molecule has 160 valence electrons. The van der Waals surface area contributed by atoms with E-state index in [9.17, 15) is 27.7 Å². The molecule has 0 aromatic rings. The van der Waals surface area contributed by atoms with E-state index >= 15 is 0 Å². The molecule has 27 heavy (non-hydrogen) atoms. The molecule has 0 aromatic heterocycles. The molecule has 0 heterocycles. The largest absolute Gasteiger partial charge is 0.725 e. The molecule has 0 N–H and O–H groups in total. The number of carbonyl (C=O) groups excluding carboxylic acids is 2. The van der Waals surface area contributed by atoms with Crippen LogP contribution in [0.4, 0.5) is 0 Å². The van der Waals surface area contributed by atoms with Crippen LogP contribution in [0.5, 0.6) is 0 Å². The fourth-order valence-electron chi connectivity index (χ4n) is 1.77. The molecule has 0 radical (unpaired) electrons. The van der Waals surface area contributed by atoms with Gasteiger partial charge in [-0.05, 0) is 20.3 Å². The van der Waals surface area contributed by atoms with Gasteiger partial charge in [-0.25, -0.2) is 17.4 Å². The van der Waals surface area contributed by atoms with Crippen LogP contribution in [0.2, 0.25) is 0 Å². The van der Waals surface area contributed by atoms with Gasteiger partial charge >= 0.3 is 5.97 Å². The Morgan fingerprint density at radius 1 is 1.11 bits per heavy atom. The maximum absolute atomic E-state index is 11.1. The van der Waals surface area contributed by atoms with Crippen molar-refractivity contribution in [3.8, 4) is 0 Å². The highest BCUT2D eigenvalue weighted by atomic mass is 32.3. The van der Waals surface area contributed by atoms with E-state index in [0.29, 0.717) is 12.0 Å². The van der Waals surface area contributed by atoms with Crippen LogP contribution in [-0.4, -0.2) is 81.5 Å². The number of hydroxylamine groups is 3. The molecule has 0 aliphatic heterocycles. The number of carboxylic acids is 1. The number of carboxylic acid groups (broad SMARTS) is 1. The van der Waals surface area contributed by atoms with Crippen molar-refractivity contribution in [3.05, 3.63) is 12.2 Å². The Hall–Kier alpha value is -1.53. The van der Waals surface area contributed by atoms with Gasteiger partial charge in [0.2, 0.25) is 10.4 Å². The molecule has 0 fully saturated rings. The molecular weight excluding hydrogens is 380 g/mol. The van der Waals surface area contributed by atoms with Crippen molar-refractivity contribution in [2.75, 3.05) is 41.8 Å². The summed E-state index contributed by atoms with van der Waals surface area (Å²) in [5, 5.41) is 11.1. The summed E-state index contributed by atoms with van der Waals surface area (Å²) in [5.74, 6) is -2.06. The second-order valence-electron chi connectivity index (χ2n) is 7.38. The molecule has 0 rings (SSSR count). The molecule has 0 aliphatic carbocycles. The van der Waals surface area contributed by atoms with Crippen LogP contribution in [0.1, 0.15) is 33.6 Å². The van der Waals surface area contributed by atoms with Crippen LogP contribution in [0.15, 0.2) is 12.2 Å². The summed E-state index contributed by atoms with van der Waals surface area (Å²) in [7, 11) is 2.76. The van der Waals surface area contributed by atoms with E-state index in [1.54, 1.807) is 13.8 Å². The van der Waals surface area contributed by atoms with Crippen molar-refractivity contribution < 1.29 is 45.8 Å². The number of rotatable bonds is 9. The Morgan fingerprint density at radius 2 is 1.56 bits per heavy atom. The molecule has 0 aliphatic rings. The van der Waals surface area contributed by atoms with Crippen molar-refractivity contribution in [1.82, 2.24) is 0 Å². The molecular formula is C16H32N2O8S. The summed E-state index contributed by atoms with van der Waals surface area (Å²) in [6.07, 6.45) is 0.194. The summed E-state index contributed by atoms with van der Waals surface area (Å²) >= 11 is 0. The zero-order chi connectivity index (χ0) is 22.3. The van der Waals surface area contributed by atoms with E-state index in [1.807, 2.05) is 21.0 Å². The lowest BCUT2D eigenvalue weighted by atomic mass is 10.1. The Bertz CT molecular complexity index is 637. The predicted octanol–water partition coefficient (Wildman–Crippen LogP) is -0.467. The average molecular weight is 413 g/mol. The van der Waals surface area contributed by atoms with Crippen LogP contribution in [0.3, 0.4) is 0 Å². The number of quaternary nitrogens is 2. The van der Waals surface area contributed by atoms with Gasteiger partial charge in [0.1, 0.15) is 26.6 Å². The molecule has 11 heteroatoms. The number of aliphatic carboxylic acids is 1. The molecule has 0 saturated heterocycles. The summed E-state index contributed by atoms with van der Waals surface area (Å²) in [5.41, 5.74) is -1.75. The van der Waals surface area contributed by atoms with Gasteiger partial charge in [0.15, 0.2) is 0 Å². The van der Waals surface area contributed by atoms with Gasteiger partial charge in [0.25, 0.3) is 5.72 Å². The molecule has 0 amide bonds. The highest BCUT2D eigenvalue weighted by Gasteiger charge is 2.47. The monoisotopic (exact) mass is 412 g/mol. The van der Waals surface area contributed by atoms with E-state index < -0.39 is 22.1 Å². The fraction of sp³-hybridized carbons (Fsp3) is 0.750. The minimum atomic E-state index is -5.12. The first-order valence-electron chi connectivity index (χ1n) is 8.27. The van der Waals surface area contributed by atoms with Gasteiger partial charge in [-0.15, -0.1) is 4.65 Å². The van der Waals surface area contributed by atoms with Crippen molar-refractivity contribution in [2.45, 2.75) is 39.3 Å². The van der Waals surface area contributed by atoms with Gasteiger partial charge in [-0.3, -0.25) is 9.32 Å². The predicted molar refractivity (Wildman–Crippen MR) is 95.0 cm³/mol. The van der Waals surface area contributed by atoms with Crippen molar-refractivity contribution in [2.24, 2.45) is 0 Å². The van der Waals surface area contributed by atoms with E-state index in [0.717, 1.165) is 6.54 Å². The number of hydrogen-bond acceptors (Lipinski definition) is 8. The average Bonchev–Trinajstić information content (AvgIpc) is 2.44. The standard InChI is InChI=1S/C8H17NO6S.C8H16NO2/c1-5-6-8(7(10)11,9(2,3)4)15-16(12,13)14;1-6-9(4,5)11-8(10)7(2)3/h5-6H2,1-4H3,(H-,10,11,12,13,14);2,6H2,1,3-5H3/q;+1/p-1. The Morgan fingerprint density at radius 3 is 1.78 bits per heavy atom. The zero-order valence-corrected chi connectivity index (χ0v) is 18.2. The maximum atomic E-state index is 11.1. The second kappa shape index (κ2) is 10.1. The number of carbonyl (C=O) groups is 2. The highest BCUT2D eigenvalue weighted by molar-refractivity contribution is 7.80. The summed E-state index contributed by atoms with van der Waals surface area (Å²) in [6.45, 7) is 9.47. The summed E-state index contributed by atoms with van der Waals surface area (Å²) in [6, 6.07) is 0. The van der Waals surface area contributed by atoms with Crippen LogP contribution in [0, 0.1) is 0 Å². The first-order valence-corrected chi connectivity index (χ1v) is 9.60. The topological polar surface area (TPSA) is 133 Å². The molecule has 10 nitrogen and oxygen atoms in total. The third kappa shape index (κ3) is 9.82. The van der Waals surface area contributed by atoms with E-state index in [-0.39, 0.29) is 21.5 Å². The summed E-state index contributed by atoms with van der Waals surface area (Å²) < 4.78 is 35.9. The van der Waals surface area contributed by atoms with Crippen LogP contribution < -0.4 is 5.11 Å². The van der Waals surface area contributed by atoms with E-state index in [2.05, 4.69) is 10.8 Å². The Kier molecular flexibility index (Phi) is 10.4. The second-order valence-corrected chi connectivity index (χ2v) is 8.36. The minimum Gasteiger partial charge on any atom is -0.725 e. The lowest BCUT2D eigenvalue weighted by molar-refractivity contribution is -1.06. The van der Waals surface area contributed by atoms with E-state index in [4.69, 9.17) is 4.84 Å². The van der Waals surface area contributed by atoms with Crippen LogP contribution >= 0.6 is 0 Å². The van der Waals surface area contributed by atoms with Crippen molar-refractivity contribution >= 4 is 22.3 Å². The quantitative estimate of drug-likeness (QED) is 0.124.